The zero-order valence-electron chi connectivity index (χ0n) is 25.0. The average Bonchev–Trinajstić information content (AvgIpc) is 3.33. The summed E-state index contributed by atoms with van der Waals surface area (Å²) in [4.78, 5) is 56.9. The molecule has 3 amide bonds. The summed E-state index contributed by atoms with van der Waals surface area (Å²) < 4.78 is 16.1. The zero-order valence-corrected chi connectivity index (χ0v) is 25.8. The molecular weight excluding hydrogens is 524 g/mol. The molecular formula is C27H46N4O7S. The number of carbonyl (C=O) groups is 4. The molecule has 0 bridgehead atoms. The molecule has 11 nitrogen and oxygen atoms in total. The van der Waals surface area contributed by atoms with E-state index in [1.54, 1.807) is 51.9 Å². The van der Waals surface area contributed by atoms with Gasteiger partial charge in [0.05, 0.1) is 6.61 Å². The van der Waals surface area contributed by atoms with Crippen LogP contribution in [-0.2, 0) is 19.0 Å². The fourth-order valence-electron chi connectivity index (χ4n) is 3.85. The molecule has 1 aromatic heterocycles. The van der Waals surface area contributed by atoms with E-state index >= 15 is 0 Å². The van der Waals surface area contributed by atoms with Crippen molar-refractivity contribution in [3.63, 3.8) is 0 Å². The maximum atomic E-state index is 13.8. The van der Waals surface area contributed by atoms with Crippen molar-refractivity contribution in [3.05, 3.63) is 16.1 Å². The summed E-state index contributed by atoms with van der Waals surface area (Å²) in [7, 11) is 1.67. The van der Waals surface area contributed by atoms with Crippen molar-refractivity contribution in [1.82, 2.24) is 20.5 Å². The topological polar surface area (TPSA) is 136 Å². The highest BCUT2D eigenvalue weighted by molar-refractivity contribution is 7.09. The second-order valence-corrected chi connectivity index (χ2v) is 11.6. The lowest BCUT2D eigenvalue weighted by Gasteiger charge is -2.37. The summed E-state index contributed by atoms with van der Waals surface area (Å²) in [5.74, 6) is -1.04. The van der Waals surface area contributed by atoms with E-state index in [0.29, 0.717) is 18.0 Å². The van der Waals surface area contributed by atoms with Crippen LogP contribution in [0.4, 0.5) is 9.59 Å². The third kappa shape index (κ3) is 11.0. The van der Waals surface area contributed by atoms with E-state index in [2.05, 4.69) is 15.6 Å². The largest absolute Gasteiger partial charge is 0.461 e. The van der Waals surface area contributed by atoms with Gasteiger partial charge in [-0.15, -0.1) is 11.3 Å². The summed E-state index contributed by atoms with van der Waals surface area (Å²) in [6, 6.07) is -1.20. The van der Waals surface area contributed by atoms with Crippen molar-refractivity contribution < 1.29 is 33.4 Å². The van der Waals surface area contributed by atoms with Crippen molar-refractivity contribution in [2.75, 3.05) is 20.2 Å². The van der Waals surface area contributed by atoms with Crippen molar-refractivity contribution in [2.24, 2.45) is 11.8 Å². The Morgan fingerprint density at radius 2 is 1.72 bits per heavy atom. The Bertz CT molecular complexity index is 960. The molecule has 2 N–H and O–H groups in total. The number of hydrogen-bond acceptors (Lipinski definition) is 9. The molecule has 0 radical (unpaired) electrons. The minimum Gasteiger partial charge on any atom is -0.461 e. The first-order valence-corrected chi connectivity index (χ1v) is 14.4. The first-order valence-electron chi connectivity index (χ1n) is 13.5. The van der Waals surface area contributed by atoms with Gasteiger partial charge in [0.1, 0.15) is 16.7 Å². The van der Waals surface area contributed by atoms with Crippen LogP contribution < -0.4 is 10.6 Å². The van der Waals surface area contributed by atoms with Crippen molar-refractivity contribution in [1.29, 1.82) is 0 Å². The van der Waals surface area contributed by atoms with Gasteiger partial charge in [-0.2, -0.15) is 0 Å². The summed E-state index contributed by atoms with van der Waals surface area (Å²) in [5.41, 5.74) is -0.579. The SMILES string of the molecule is CCNC(=O)O[C@H](C[C@H](C(C)C)N(C)C(=O)[C@@H](NC(=O)OC(C)(C)C)[C@@H](C)CC)c1nc(C(=O)OCC)cs1. The Hall–Kier alpha value is -2.89. The third-order valence-electron chi connectivity index (χ3n) is 6.07. The van der Waals surface area contributed by atoms with E-state index in [0.717, 1.165) is 0 Å². The van der Waals surface area contributed by atoms with Crippen LogP contribution in [0.1, 0.15) is 96.8 Å². The number of esters is 1. The van der Waals surface area contributed by atoms with Gasteiger partial charge in [-0.1, -0.05) is 34.1 Å². The quantitative estimate of drug-likeness (QED) is 0.252. The fraction of sp³-hybridized carbons (Fsp3) is 0.741. The second-order valence-electron chi connectivity index (χ2n) is 10.7. The number of likely N-dealkylation sites (N-methyl/N-ethyl adjacent to an activating group) is 1. The maximum Gasteiger partial charge on any atom is 0.408 e. The summed E-state index contributed by atoms with van der Waals surface area (Å²) >= 11 is 1.18. The standard InChI is InChI=1S/C27H46N4O7S/c1-11-17(6)21(30-26(35)38-27(7,8)9)23(32)31(10)19(16(4)5)14-20(37-25(34)28-12-2)22-29-18(15-39-22)24(33)36-13-3/h15-17,19-21H,11-14H2,1-10H3,(H,28,34)(H,30,35)/t17-,19+,20+,21-/m0/s1. The minimum absolute atomic E-state index is 0.0390. The molecule has 1 rings (SSSR count). The Morgan fingerprint density at radius 1 is 1.08 bits per heavy atom. The van der Waals surface area contributed by atoms with Crippen LogP contribution >= 0.6 is 11.3 Å². The molecule has 1 heterocycles. The highest BCUT2D eigenvalue weighted by atomic mass is 32.1. The molecule has 0 saturated carbocycles. The molecule has 0 aliphatic carbocycles. The molecule has 1 aromatic rings. The van der Waals surface area contributed by atoms with Crippen LogP contribution in [0.2, 0.25) is 0 Å². The predicted octanol–water partition coefficient (Wildman–Crippen LogP) is 4.92. The van der Waals surface area contributed by atoms with E-state index in [1.807, 2.05) is 27.7 Å². The molecule has 0 aliphatic rings. The number of rotatable bonds is 13. The number of alkyl carbamates (subject to hydrolysis) is 2. The predicted molar refractivity (Wildman–Crippen MR) is 150 cm³/mol. The lowest BCUT2D eigenvalue weighted by Crippen LogP contribution is -2.55. The first-order chi connectivity index (χ1) is 18.1. The normalized spacial score (nSPS) is 14.5. The van der Waals surface area contributed by atoms with Crippen molar-refractivity contribution in [3.8, 4) is 0 Å². The van der Waals surface area contributed by atoms with E-state index in [1.165, 1.54) is 11.3 Å². The van der Waals surface area contributed by atoms with E-state index < -0.39 is 35.9 Å². The van der Waals surface area contributed by atoms with Crippen LogP contribution in [0.25, 0.3) is 0 Å². The van der Waals surface area contributed by atoms with Crippen LogP contribution in [0.3, 0.4) is 0 Å². The second kappa shape index (κ2) is 15.6. The van der Waals surface area contributed by atoms with Gasteiger partial charge in [-0.3, -0.25) is 4.79 Å². The van der Waals surface area contributed by atoms with E-state index in [-0.39, 0.29) is 42.5 Å². The minimum atomic E-state index is -0.826. The van der Waals surface area contributed by atoms with E-state index in [4.69, 9.17) is 14.2 Å². The van der Waals surface area contributed by atoms with Crippen molar-refractivity contribution in [2.45, 2.75) is 98.9 Å². The number of aromatic nitrogens is 1. The molecule has 0 aromatic carbocycles. The Morgan fingerprint density at radius 3 is 2.23 bits per heavy atom. The van der Waals surface area contributed by atoms with Gasteiger partial charge in [0.15, 0.2) is 11.8 Å². The molecule has 0 spiro atoms. The van der Waals surface area contributed by atoms with Crippen molar-refractivity contribution >= 4 is 35.4 Å². The molecule has 39 heavy (non-hydrogen) atoms. The summed E-state index contributed by atoms with van der Waals surface area (Å²) in [5, 5.41) is 7.34. The van der Waals surface area contributed by atoms with Crippen LogP contribution in [-0.4, -0.2) is 71.8 Å². The lowest BCUT2D eigenvalue weighted by atomic mass is 9.93. The number of carbonyl (C=O) groups excluding carboxylic acids is 4. The lowest BCUT2D eigenvalue weighted by molar-refractivity contribution is -0.137. The third-order valence-corrected chi connectivity index (χ3v) is 7.01. The average molecular weight is 571 g/mol. The van der Waals surface area contributed by atoms with Crippen LogP contribution in [0, 0.1) is 11.8 Å². The summed E-state index contributed by atoms with van der Waals surface area (Å²) in [6.07, 6.45) is -1.23. The van der Waals surface area contributed by atoms with Gasteiger partial charge in [0, 0.05) is 31.4 Å². The zero-order chi connectivity index (χ0) is 29.9. The first kappa shape index (κ1) is 34.1. The molecule has 0 fully saturated rings. The number of nitrogens with one attached hydrogen (secondary N) is 2. The number of thiazole rings is 1. The van der Waals surface area contributed by atoms with Gasteiger partial charge in [0.2, 0.25) is 5.91 Å². The Kier molecular flexibility index (Phi) is 13.7. The highest BCUT2D eigenvalue weighted by Crippen LogP contribution is 2.31. The monoisotopic (exact) mass is 570 g/mol. The fourth-order valence-corrected chi connectivity index (χ4v) is 4.67. The van der Waals surface area contributed by atoms with Gasteiger partial charge >= 0.3 is 18.2 Å². The number of ether oxygens (including phenoxy) is 3. The van der Waals surface area contributed by atoms with Gasteiger partial charge in [-0.25, -0.2) is 19.4 Å². The number of nitrogens with zero attached hydrogens (tertiary/aromatic N) is 2. The molecule has 4 atom stereocenters. The Balaban J connectivity index is 3.28. The maximum absolute atomic E-state index is 13.8. The highest BCUT2D eigenvalue weighted by Gasteiger charge is 2.36. The molecule has 12 heteroatoms. The van der Waals surface area contributed by atoms with E-state index in [9.17, 15) is 19.2 Å². The number of amides is 3. The molecule has 222 valence electrons. The molecule has 0 aliphatic heterocycles. The van der Waals surface area contributed by atoms with Gasteiger partial charge in [0.25, 0.3) is 0 Å². The summed E-state index contributed by atoms with van der Waals surface area (Å²) in [6.45, 7) is 17.1. The van der Waals surface area contributed by atoms with Crippen LogP contribution in [0.15, 0.2) is 5.38 Å². The Labute approximate surface area is 236 Å². The number of hydrogen-bond donors (Lipinski definition) is 2. The molecule has 0 unspecified atom stereocenters. The molecule has 0 saturated heterocycles. The van der Waals surface area contributed by atoms with Crippen LogP contribution in [0.5, 0.6) is 0 Å². The van der Waals surface area contributed by atoms with Gasteiger partial charge < -0.3 is 29.7 Å². The van der Waals surface area contributed by atoms with Gasteiger partial charge in [-0.05, 0) is 46.5 Å². The smallest absolute Gasteiger partial charge is 0.408 e.